The Kier molecular flexibility index (Phi) is 7.74. The van der Waals surface area contributed by atoms with Gasteiger partial charge in [-0.2, -0.15) is 0 Å². The average Bonchev–Trinajstić information content (AvgIpc) is 3.32. The van der Waals surface area contributed by atoms with Crippen LogP contribution in [0.5, 0.6) is 0 Å². The summed E-state index contributed by atoms with van der Waals surface area (Å²) in [6.45, 7) is 0.883. The Morgan fingerprint density at radius 3 is 2.81 bits per heavy atom. The van der Waals surface area contributed by atoms with Crippen molar-refractivity contribution in [3.05, 3.63) is 18.2 Å². The molecule has 0 aromatic carbocycles. The summed E-state index contributed by atoms with van der Waals surface area (Å²) in [5, 5.41) is 12.0. The van der Waals surface area contributed by atoms with Crippen LogP contribution in [0.25, 0.3) is 0 Å². The molecular weight excluding hydrogens is 352 g/mol. The number of imidazole rings is 1. The quantitative estimate of drug-likeness (QED) is 0.323. The number of aromatic nitrogens is 2. The number of aliphatic carboxylic acids is 1. The number of hydrogen-bond donors (Lipinski definition) is 5. The van der Waals surface area contributed by atoms with Gasteiger partial charge in [-0.25, -0.2) is 9.78 Å². The molecule has 1 aliphatic rings. The number of carbonyl (C=O) groups is 3. The van der Waals surface area contributed by atoms with Crippen molar-refractivity contribution in [2.24, 2.45) is 11.5 Å². The van der Waals surface area contributed by atoms with Crippen molar-refractivity contribution < 1.29 is 19.5 Å². The standard InChI is InChI=1S/C17H28N6O4/c18-6-2-1-4-12(19)15(24)22-13(8-11-9-20-10-21-11)16(25)23-7-3-5-14(23)17(26)27/h9-10,12-14H,1-8,18-19H2,(H,20,21)(H,22,24)(H,26,27)/t12-,13-,14-/m0/s1. The number of likely N-dealkylation sites (tertiary alicyclic amines) is 1. The minimum atomic E-state index is -1.04. The number of aromatic amines is 1. The highest BCUT2D eigenvalue weighted by Crippen LogP contribution is 2.19. The summed E-state index contributed by atoms with van der Waals surface area (Å²) >= 11 is 0. The van der Waals surface area contributed by atoms with Crippen LogP contribution < -0.4 is 16.8 Å². The number of nitrogens with zero attached hydrogens (tertiary/aromatic N) is 2. The molecule has 2 amide bonds. The summed E-state index contributed by atoms with van der Waals surface area (Å²) in [6, 6.07) is -2.52. The van der Waals surface area contributed by atoms with Crippen LogP contribution >= 0.6 is 0 Å². The van der Waals surface area contributed by atoms with Crippen molar-refractivity contribution in [1.29, 1.82) is 0 Å². The normalized spacial score (nSPS) is 18.9. The van der Waals surface area contributed by atoms with Crippen LogP contribution in [-0.2, 0) is 20.8 Å². The molecule has 2 rings (SSSR count). The predicted molar refractivity (Wildman–Crippen MR) is 97.5 cm³/mol. The molecule has 10 nitrogen and oxygen atoms in total. The molecule has 10 heteroatoms. The lowest BCUT2D eigenvalue weighted by Gasteiger charge is -2.28. The lowest BCUT2D eigenvalue weighted by Crippen LogP contribution is -2.55. The zero-order chi connectivity index (χ0) is 19.8. The lowest BCUT2D eigenvalue weighted by atomic mass is 10.1. The third-order valence-electron chi connectivity index (χ3n) is 4.72. The maximum Gasteiger partial charge on any atom is 0.326 e. The second-order valence-electron chi connectivity index (χ2n) is 6.76. The van der Waals surface area contributed by atoms with Gasteiger partial charge in [0.1, 0.15) is 12.1 Å². The molecule has 1 aromatic rings. The first kappa shape index (κ1) is 20.8. The number of rotatable bonds is 10. The molecule has 0 saturated carbocycles. The van der Waals surface area contributed by atoms with Gasteiger partial charge in [0, 0.05) is 24.9 Å². The Hall–Kier alpha value is -2.46. The fourth-order valence-corrected chi connectivity index (χ4v) is 3.22. The van der Waals surface area contributed by atoms with Gasteiger partial charge in [0.15, 0.2) is 0 Å². The molecule has 7 N–H and O–H groups in total. The van der Waals surface area contributed by atoms with Crippen LogP contribution in [0.3, 0.4) is 0 Å². The van der Waals surface area contributed by atoms with Crippen LogP contribution in [0.1, 0.15) is 37.8 Å². The summed E-state index contributed by atoms with van der Waals surface area (Å²) in [5.41, 5.74) is 12.0. The molecule has 0 radical (unpaired) electrons. The van der Waals surface area contributed by atoms with Crippen molar-refractivity contribution in [3.63, 3.8) is 0 Å². The number of carbonyl (C=O) groups excluding carboxylic acids is 2. The van der Waals surface area contributed by atoms with E-state index in [0.29, 0.717) is 38.0 Å². The van der Waals surface area contributed by atoms with Gasteiger partial charge in [-0.15, -0.1) is 0 Å². The molecule has 0 bridgehead atoms. The number of carboxylic acid groups (broad SMARTS) is 1. The highest BCUT2D eigenvalue weighted by Gasteiger charge is 2.38. The molecule has 150 valence electrons. The molecule has 1 aliphatic heterocycles. The molecule has 0 aliphatic carbocycles. The first-order chi connectivity index (χ1) is 12.9. The first-order valence-electron chi connectivity index (χ1n) is 9.20. The number of amides is 2. The summed E-state index contributed by atoms with van der Waals surface area (Å²) < 4.78 is 0. The zero-order valence-corrected chi connectivity index (χ0v) is 15.3. The number of hydrogen-bond acceptors (Lipinski definition) is 6. The third kappa shape index (κ3) is 5.76. The molecule has 1 saturated heterocycles. The van der Waals surface area contributed by atoms with Gasteiger partial charge in [-0.3, -0.25) is 9.59 Å². The van der Waals surface area contributed by atoms with Crippen LogP contribution in [0.15, 0.2) is 12.5 Å². The topological polar surface area (TPSA) is 167 Å². The van der Waals surface area contributed by atoms with E-state index in [1.807, 2.05) is 0 Å². The van der Waals surface area contributed by atoms with Gasteiger partial charge >= 0.3 is 5.97 Å². The molecule has 2 heterocycles. The number of nitrogens with one attached hydrogen (secondary N) is 2. The van der Waals surface area contributed by atoms with Crippen molar-refractivity contribution in [2.45, 2.75) is 56.7 Å². The highest BCUT2D eigenvalue weighted by molar-refractivity contribution is 5.92. The van der Waals surface area contributed by atoms with E-state index in [9.17, 15) is 19.5 Å². The molecule has 3 atom stereocenters. The van der Waals surface area contributed by atoms with Gasteiger partial charge < -0.3 is 31.8 Å². The van der Waals surface area contributed by atoms with E-state index in [1.54, 1.807) is 6.20 Å². The number of H-pyrrole nitrogens is 1. The smallest absolute Gasteiger partial charge is 0.326 e. The van der Waals surface area contributed by atoms with Crippen molar-refractivity contribution in [3.8, 4) is 0 Å². The fraction of sp³-hybridized carbons (Fsp3) is 0.647. The summed E-state index contributed by atoms with van der Waals surface area (Å²) in [6.07, 6.45) is 6.21. The van der Waals surface area contributed by atoms with Crippen molar-refractivity contribution >= 4 is 17.8 Å². The Balaban J connectivity index is 2.07. The van der Waals surface area contributed by atoms with Crippen molar-refractivity contribution in [2.75, 3.05) is 13.1 Å². The Labute approximate surface area is 157 Å². The van der Waals surface area contributed by atoms with E-state index in [4.69, 9.17) is 11.5 Å². The van der Waals surface area contributed by atoms with Crippen LogP contribution in [0.2, 0.25) is 0 Å². The minimum Gasteiger partial charge on any atom is -0.480 e. The number of carboxylic acids is 1. The predicted octanol–water partition coefficient (Wildman–Crippen LogP) is -1.03. The largest absolute Gasteiger partial charge is 0.480 e. The lowest BCUT2D eigenvalue weighted by molar-refractivity contribution is -0.149. The van der Waals surface area contributed by atoms with E-state index >= 15 is 0 Å². The maximum atomic E-state index is 13.0. The monoisotopic (exact) mass is 380 g/mol. The molecule has 27 heavy (non-hydrogen) atoms. The van der Waals surface area contributed by atoms with E-state index in [1.165, 1.54) is 11.2 Å². The highest BCUT2D eigenvalue weighted by atomic mass is 16.4. The van der Waals surface area contributed by atoms with E-state index < -0.39 is 35.9 Å². The molecule has 1 aromatic heterocycles. The Bertz CT molecular complexity index is 635. The van der Waals surface area contributed by atoms with Crippen LogP contribution in [-0.4, -0.2) is 69.0 Å². The zero-order valence-electron chi connectivity index (χ0n) is 15.3. The van der Waals surface area contributed by atoms with Gasteiger partial charge in [-0.05, 0) is 32.2 Å². The Morgan fingerprint density at radius 1 is 1.41 bits per heavy atom. The second-order valence-corrected chi connectivity index (χ2v) is 6.76. The van der Waals surface area contributed by atoms with Crippen molar-refractivity contribution in [1.82, 2.24) is 20.2 Å². The Morgan fingerprint density at radius 2 is 2.19 bits per heavy atom. The third-order valence-corrected chi connectivity index (χ3v) is 4.72. The van der Waals surface area contributed by atoms with E-state index in [2.05, 4.69) is 15.3 Å². The van der Waals surface area contributed by atoms with Gasteiger partial charge in [0.25, 0.3) is 0 Å². The molecule has 0 spiro atoms. The molecule has 0 unspecified atom stereocenters. The van der Waals surface area contributed by atoms with Crippen LogP contribution in [0.4, 0.5) is 0 Å². The minimum absolute atomic E-state index is 0.183. The molecular formula is C17H28N6O4. The summed E-state index contributed by atoms with van der Waals surface area (Å²) in [7, 11) is 0. The van der Waals surface area contributed by atoms with Crippen LogP contribution in [0, 0.1) is 0 Å². The summed E-state index contributed by atoms with van der Waals surface area (Å²) in [5.74, 6) is -1.89. The number of nitrogens with two attached hydrogens (primary N) is 2. The van der Waals surface area contributed by atoms with Gasteiger partial charge in [0.2, 0.25) is 11.8 Å². The van der Waals surface area contributed by atoms with Gasteiger partial charge in [-0.1, -0.05) is 6.42 Å². The van der Waals surface area contributed by atoms with E-state index in [-0.39, 0.29) is 6.42 Å². The maximum absolute atomic E-state index is 13.0. The molecule has 1 fully saturated rings. The van der Waals surface area contributed by atoms with E-state index in [0.717, 1.165) is 12.8 Å². The average molecular weight is 380 g/mol. The number of unbranched alkanes of at least 4 members (excludes halogenated alkanes) is 1. The summed E-state index contributed by atoms with van der Waals surface area (Å²) in [4.78, 5) is 44.9. The van der Waals surface area contributed by atoms with Gasteiger partial charge in [0.05, 0.1) is 12.4 Å². The fourth-order valence-electron chi connectivity index (χ4n) is 3.22. The second kappa shape index (κ2) is 10.0. The first-order valence-corrected chi connectivity index (χ1v) is 9.20. The SMILES string of the molecule is NCCCC[C@H](N)C(=O)N[C@@H](Cc1cnc[nH]1)C(=O)N1CCC[C@H]1C(=O)O.